The quantitative estimate of drug-likeness (QED) is 0.0648. The van der Waals surface area contributed by atoms with Crippen LogP contribution in [0.4, 0.5) is 4.79 Å². The molecule has 2 unspecified atom stereocenters. The smallest absolute Gasteiger partial charge is 0.405 e. The number of nitrogens with two attached hydrogens (primary N) is 1. The van der Waals surface area contributed by atoms with Gasteiger partial charge in [0.25, 0.3) is 0 Å². The average Bonchev–Trinajstić information content (AvgIpc) is 2.95. The molecule has 0 bridgehead atoms. The highest BCUT2D eigenvalue weighted by molar-refractivity contribution is 5.80. The van der Waals surface area contributed by atoms with Crippen molar-refractivity contribution in [2.75, 3.05) is 13.2 Å². The van der Waals surface area contributed by atoms with Crippen LogP contribution in [0.25, 0.3) is 0 Å². The molecule has 0 aliphatic rings. The zero-order valence-corrected chi connectivity index (χ0v) is 27.2. The monoisotopic (exact) mass is 586 g/mol. The van der Waals surface area contributed by atoms with E-state index in [4.69, 9.17) is 20.3 Å². The molecule has 0 fully saturated rings. The molecule has 8 nitrogen and oxygen atoms in total. The summed E-state index contributed by atoms with van der Waals surface area (Å²) in [6, 6.07) is -1.15. The van der Waals surface area contributed by atoms with Crippen LogP contribution in [-0.2, 0) is 19.1 Å². The summed E-state index contributed by atoms with van der Waals surface area (Å²) in [5.41, 5.74) is 5.78. The molecule has 0 aromatic rings. The lowest BCUT2D eigenvalue weighted by Gasteiger charge is -2.15. The standard InChI is InChI=1S/C17H33NO4.C16H33NO2/c1-3-5-7-8-9-10-12-14-22-16(19)15(18-17(20)21)13-11-6-4-2;1-3-5-7-8-9-10-12-14-19-16(18)15(17)13-11-6-4-2/h15,18H,3-14H2,1-2H3,(H,20,21);15H,3-14,17H2,1-2H3. The first kappa shape index (κ1) is 41.3. The van der Waals surface area contributed by atoms with Gasteiger partial charge in [-0.15, -0.1) is 0 Å². The number of carbonyl (C=O) groups is 3. The molecule has 4 N–H and O–H groups in total. The Morgan fingerprint density at radius 3 is 1.37 bits per heavy atom. The number of hydrogen-bond donors (Lipinski definition) is 3. The van der Waals surface area contributed by atoms with Gasteiger partial charge >= 0.3 is 18.0 Å². The van der Waals surface area contributed by atoms with Gasteiger partial charge in [-0.05, 0) is 25.7 Å². The van der Waals surface area contributed by atoms with E-state index in [1.165, 1.54) is 64.2 Å². The van der Waals surface area contributed by atoms with E-state index in [9.17, 15) is 14.4 Å². The van der Waals surface area contributed by atoms with Gasteiger partial charge < -0.3 is 25.6 Å². The second-order valence-corrected chi connectivity index (χ2v) is 11.2. The Balaban J connectivity index is 0. The number of carboxylic acid groups (broad SMARTS) is 1. The van der Waals surface area contributed by atoms with Crippen molar-refractivity contribution in [2.24, 2.45) is 5.73 Å². The summed E-state index contributed by atoms with van der Waals surface area (Å²) in [5, 5.41) is 11.0. The second kappa shape index (κ2) is 32.7. The fourth-order valence-corrected chi connectivity index (χ4v) is 4.40. The Labute approximate surface area is 252 Å². The molecule has 0 radical (unpaired) electrons. The molecule has 0 rings (SSSR count). The largest absolute Gasteiger partial charge is 0.465 e. The maximum absolute atomic E-state index is 11.9. The van der Waals surface area contributed by atoms with Gasteiger partial charge in [0, 0.05) is 0 Å². The SMILES string of the molecule is CCCCCCCCCOC(=O)C(CCCCC)NC(=O)O.CCCCCCCCCOC(=O)C(N)CCCCC. The lowest BCUT2D eigenvalue weighted by Crippen LogP contribution is -2.41. The molecule has 1 amide bonds. The predicted octanol–water partition coefficient (Wildman–Crippen LogP) is 8.68. The molecule has 0 saturated heterocycles. The highest BCUT2D eigenvalue weighted by atomic mass is 16.5. The molecule has 0 aromatic carbocycles. The Hall–Kier alpha value is -1.83. The van der Waals surface area contributed by atoms with E-state index in [0.717, 1.165) is 70.6 Å². The first-order valence-corrected chi connectivity index (χ1v) is 16.9. The van der Waals surface area contributed by atoms with Crippen molar-refractivity contribution >= 4 is 18.0 Å². The van der Waals surface area contributed by atoms with Gasteiger partial charge in [0.2, 0.25) is 0 Å². The van der Waals surface area contributed by atoms with Gasteiger partial charge in [0.1, 0.15) is 12.1 Å². The Morgan fingerprint density at radius 1 is 0.561 bits per heavy atom. The molecule has 0 aromatic heterocycles. The van der Waals surface area contributed by atoms with Gasteiger partial charge in [0.15, 0.2) is 0 Å². The zero-order valence-electron chi connectivity index (χ0n) is 27.2. The Bertz CT molecular complexity index is 602. The highest BCUT2D eigenvalue weighted by Crippen LogP contribution is 2.10. The third kappa shape index (κ3) is 30.9. The molecule has 0 aliphatic carbocycles. The van der Waals surface area contributed by atoms with Gasteiger partial charge in [-0.3, -0.25) is 4.79 Å². The number of esters is 2. The number of unbranched alkanes of at least 4 members (excludes halogenated alkanes) is 16. The van der Waals surface area contributed by atoms with E-state index in [0.29, 0.717) is 19.6 Å². The number of rotatable bonds is 27. The highest BCUT2D eigenvalue weighted by Gasteiger charge is 2.21. The third-order valence-corrected chi connectivity index (χ3v) is 7.08. The first-order chi connectivity index (χ1) is 19.8. The average molecular weight is 587 g/mol. The fourth-order valence-electron chi connectivity index (χ4n) is 4.40. The van der Waals surface area contributed by atoms with Gasteiger partial charge in [0.05, 0.1) is 13.2 Å². The van der Waals surface area contributed by atoms with Crippen LogP contribution in [0.3, 0.4) is 0 Å². The Kier molecular flexibility index (Phi) is 32.9. The Morgan fingerprint density at radius 2 is 0.927 bits per heavy atom. The minimum atomic E-state index is -1.17. The number of carbonyl (C=O) groups excluding carboxylic acids is 2. The van der Waals surface area contributed by atoms with Crippen molar-refractivity contribution in [3.05, 3.63) is 0 Å². The van der Waals surface area contributed by atoms with Crippen LogP contribution in [0.1, 0.15) is 169 Å². The summed E-state index contributed by atoms with van der Waals surface area (Å²) >= 11 is 0. The molecule has 2 atom stereocenters. The molecule has 0 aliphatic heterocycles. The molecule has 0 heterocycles. The van der Waals surface area contributed by atoms with E-state index in [1.807, 2.05) is 0 Å². The summed E-state index contributed by atoms with van der Waals surface area (Å²) in [4.78, 5) is 34.2. The maximum Gasteiger partial charge on any atom is 0.405 e. The van der Waals surface area contributed by atoms with E-state index in [2.05, 4.69) is 33.0 Å². The number of amides is 1. The number of ether oxygens (including phenoxy) is 2. The van der Waals surface area contributed by atoms with Gasteiger partial charge in [-0.1, -0.05) is 143 Å². The molecule has 41 heavy (non-hydrogen) atoms. The topological polar surface area (TPSA) is 128 Å². The van der Waals surface area contributed by atoms with E-state index in [1.54, 1.807) is 0 Å². The van der Waals surface area contributed by atoms with Crippen LogP contribution in [0.15, 0.2) is 0 Å². The molecule has 8 heteroatoms. The van der Waals surface area contributed by atoms with Crippen LogP contribution in [0.2, 0.25) is 0 Å². The molecule has 0 spiro atoms. The van der Waals surface area contributed by atoms with Crippen LogP contribution in [0, 0.1) is 0 Å². The summed E-state index contributed by atoms with van der Waals surface area (Å²) in [6.07, 6.45) is 23.0. The maximum atomic E-state index is 11.9. The van der Waals surface area contributed by atoms with Gasteiger partial charge in [-0.2, -0.15) is 0 Å². The molecular weight excluding hydrogens is 520 g/mol. The molecule has 244 valence electrons. The first-order valence-electron chi connectivity index (χ1n) is 16.9. The van der Waals surface area contributed by atoms with Crippen LogP contribution in [0.5, 0.6) is 0 Å². The van der Waals surface area contributed by atoms with Crippen molar-refractivity contribution in [3.63, 3.8) is 0 Å². The van der Waals surface area contributed by atoms with Crippen LogP contribution in [-0.4, -0.2) is 48.4 Å². The van der Waals surface area contributed by atoms with Crippen molar-refractivity contribution in [3.8, 4) is 0 Å². The van der Waals surface area contributed by atoms with Crippen molar-refractivity contribution in [1.29, 1.82) is 0 Å². The van der Waals surface area contributed by atoms with E-state index < -0.39 is 24.1 Å². The predicted molar refractivity (Wildman–Crippen MR) is 169 cm³/mol. The van der Waals surface area contributed by atoms with Gasteiger partial charge in [-0.25, -0.2) is 9.59 Å². The van der Waals surface area contributed by atoms with E-state index in [-0.39, 0.29) is 5.97 Å². The fraction of sp³-hybridized carbons (Fsp3) is 0.909. The zero-order chi connectivity index (χ0) is 31.0. The second-order valence-electron chi connectivity index (χ2n) is 11.2. The molecular formula is C33H66N2O6. The number of hydrogen-bond acceptors (Lipinski definition) is 6. The minimum absolute atomic E-state index is 0.220. The van der Waals surface area contributed by atoms with E-state index >= 15 is 0 Å². The summed E-state index contributed by atoms with van der Waals surface area (Å²) < 4.78 is 10.4. The minimum Gasteiger partial charge on any atom is -0.465 e. The summed E-state index contributed by atoms with van der Waals surface area (Å²) in [7, 11) is 0. The normalized spacial score (nSPS) is 12.1. The summed E-state index contributed by atoms with van der Waals surface area (Å²) in [6.45, 7) is 9.56. The number of nitrogens with one attached hydrogen (secondary N) is 1. The molecule has 0 saturated carbocycles. The summed E-state index contributed by atoms with van der Waals surface area (Å²) in [5.74, 6) is -0.661. The third-order valence-electron chi connectivity index (χ3n) is 7.08. The van der Waals surface area contributed by atoms with Crippen LogP contribution >= 0.6 is 0 Å². The van der Waals surface area contributed by atoms with Crippen molar-refractivity contribution in [1.82, 2.24) is 5.32 Å². The van der Waals surface area contributed by atoms with Crippen molar-refractivity contribution < 1.29 is 29.0 Å². The lowest BCUT2D eigenvalue weighted by molar-refractivity contribution is -0.146. The van der Waals surface area contributed by atoms with Crippen molar-refractivity contribution in [2.45, 2.75) is 181 Å². The lowest BCUT2D eigenvalue weighted by atomic mass is 10.1. The van der Waals surface area contributed by atoms with Crippen LogP contribution < -0.4 is 11.1 Å².